The first-order chi connectivity index (χ1) is 12.7. The van der Waals surface area contributed by atoms with E-state index in [1.807, 2.05) is 46.2 Å². The minimum atomic E-state index is -0.218. The summed E-state index contributed by atoms with van der Waals surface area (Å²) in [5.74, 6) is -0.0123. The third kappa shape index (κ3) is 3.36. The number of hydrogen-bond donors (Lipinski definition) is 0. The maximum absolute atomic E-state index is 13.1. The molecule has 0 saturated carbocycles. The third-order valence-corrected chi connectivity index (χ3v) is 5.45. The molecule has 2 aliphatic heterocycles. The van der Waals surface area contributed by atoms with Gasteiger partial charge in [-0.3, -0.25) is 9.59 Å². The molecule has 4 heteroatoms. The summed E-state index contributed by atoms with van der Waals surface area (Å²) in [5.41, 5.74) is 3.48. The van der Waals surface area contributed by atoms with Gasteiger partial charge in [-0.05, 0) is 36.5 Å². The first kappa shape index (κ1) is 16.8. The van der Waals surface area contributed by atoms with Gasteiger partial charge in [0.15, 0.2) is 0 Å². The zero-order valence-corrected chi connectivity index (χ0v) is 14.9. The summed E-state index contributed by atoms with van der Waals surface area (Å²) >= 11 is 0. The summed E-state index contributed by atoms with van der Waals surface area (Å²) in [6.45, 7) is 1.98. The normalized spacial score (nSPS) is 19.5. The van der Waals surface area contributed by atoms with Crippen molar-refractivity contribution >= 4 is 17.5 Å². The van der Waals surface area contributed by atoms with E-state index in [4.69, 9.17) is 0 Å². The molecular weight excluding hydrogens is 324 g/mol. The van der Waals surface area contributed by atoms with Crippen LogP contribution in [0.4, 0.5) is 5.69 Å². The van der Waals surface area contributed by atoms with Crippen LogP contribution in [-0.2, 0) is 22.4 Å². The Bertz CT molecular complexity index is 803. The smallest absolute Gasteiger partial charge is 0.232 e. The van der Waals surface area contributed by atoms with E-state index in [2.05, 4.69) is 18.2 Å². The standard InChI is InChI=1S/C22H24N2O2/c25-21-15-19(16-23(21)14-12-17-7-2-1-3-8-17)22(26)24-13-6-10-18-9-4-5-11-20(18)24/h1-5,7-9,11,19H,6,10,12-16H2/t19-/m0/s1. The molecule has 2 aliphatic rings. The monoisotopic (exact) mass is 348 g/mol. The lowest BCUT2D eigenvalue weighted by Crippen LogP contribution is -2.40. The van der Waals surface area contributed by atoms with Crippen molar-refractivity contribution in [3.05, 3.63) is 65.7 Å². The highest BCUT2D eigenvalue weighted by atomic mass is 16.2. The van der Waals surface area contributed by atoms with E-state index in [-0.39, 0.29) is 17.7 Å². The van der Waals surface area contributed by atoms with Gasteiger partial charge in [0.25, 0.3) is 0 Å². The van der Waals surface area contributed by atoms with E-state index in [9.17, 15) is 9.59 Å². The van der Waals surface area contributed by atoms with Crippen LogP contribution in [0.3, 0.4) is 0 Å². The van der Waals surface area contributed by atoms with E-state index < -0.39 is 0 Å². The minimum absolute atomic E-state index is 0.101. The predicted molar refractivity (Wildman–Crippen MR) is 102 cm³/mol. The molecule has 4 nitrogen and oxygen atoms in total. The lowest BCUT2D eigenvalue weighted by Gasteiger charge is -2.31. The van der Waals surface area contributed by atoms with Crippen LogP contribution in [0.2, 0.25) is 0 Å². The Kier molecular flexibility index (Phi) is 4.74. The van der Waals surface area contributed by atoms with Gasteiger partial charge >= 0.3 is 0 Å². The minimum Gasteiger partial charge on any atom is -0.342 e. The number of nitrogens with zero attached hydrogens (tertiary/aromatic N) is 2. The fourth-order valence-electron chi connectivity index (χ4n) is 4.05. The van der Waals surface area contributed by atoms with Crippen molar-refractivity contribution in [1.29, 1.82) is 0 Å². The summed E-state index contributed by atoms with van der Waals surface area (Å²) in [6.07, 6.45) is 3.18. The largest absolute Gasteiger partial charge is 0.342 e. The van der Waals surface area contributed by atoms with Gasteiger partial charge in [-0.2, -0.15) is 0 Å². The van der Waals surface area contributed by atoms with Gasteiger partial charge in [0, 0.05) is 31.7 Å². The zero-order valence-electron chi connectivity index (χ0n) is 14.9. The van der Waals surface area contributed by atoms with E-state index >= 15 is 0 Å². The number of aryl methyl sites for hydroxylation is 1. The average molecular weight is 348 g/mol. The zero-order chi connectivity index (χ0) is 17.9. The molecule has 2 aromatic carbocycles. The summed E-state index contributed by atoms with van der Waals surface area (Å²) < 4.78 is 0. The number of rotatable bonds is 4. The lowest BCUT2D eigenvalue weighted by atomic mass is 9.99. The number of carbonyl (C=O) groups is 2. The molecule has 0 spiro atoms. The van der Waals surface area contributed by atoms with Crippen molar-refractivity contribution in [3.8, 4) is 0 Å². The third-order valence-electron chi connectivity index (χ3n) is 5.45. The highest BCUT2D eigenvalue weighted by Gasteiger charge is 2.37. The maximum atomic E-state index is 13.1. The summed E-state index contributed by atoms with van der Waals surface area (Å²) in [5, 5.41) is 0. The van der Waals surface area contributed by atoms with Gasteiger partial charge < -0.3 is 9.80 Å². The van der Waals surface area contributed by atoms with Crippen molar-refractivity contribution in [3.63, 3.8) is 0 Å². The number of likely N-dealkylation sites (tertiary alicyclic amines) is 1. The van der Waals surface area contributed by atoms with E-state index in [0.717, 1.165) is 31.5 Å². The molecule has 1 saturated heterocycles. The molecule has 2 amide bonds. The summed E-state index contributed by atoms with van der Waals surface area (Å²) in [4.78, 5) is 29.2. The average Bonchev–Trinajstić information content (AvgIpc) is 3.07. The molecule has 2 heterocycles. The Morgan fingerprint density at radius 1 is 1.04 bits per heavy atom. The molecular formula is C22H24N2O2. The topological polar surface area (TPSA) is 40.6 Å². The van der Waals surface area contributed by atoms with Crippen LogP contribution in [0.5, 0.6) is 0 Å². The van der Waals surface area contributed by atoms with Crippen LogP contribution in [0, 0.1) is 5.92 Å². The van der Waals surface area contributed by atoms with Crippen LogP contribution in [0.1, 0.15) is 24.0 Å². The molecule has 0 N–H and O–H groups in total. The molecule has 0 bridgehead atoms. The van der Waals surface area contributed by atoms with Gasteiger partial charge in [-0.15, -0.1) is 0 Å². The predicted octanol–water partition coefficient (Wildman–Crippen LogP) is 3.06. The first-order valence-electron chi connectivity index (χ1n) is 9.43. The summed E-state index contributed by atoms with van der Waals surface area (Å²) in [6, 6.07) is 18.3. The first-order valence-corrected chi connectivity index (χ1v) is 9.43. The van der Waals surface area contributed by atoms with Gasteiger partial charge in [-0.25, -0.2) is 0 Å². The van der Waals surface area contributed by atoms with Crippen LogP contribution >= 0.6 is 0 Å². The van der Waals surface area contributed by atoms with Crippen molar-refractivity contribution in [2.45, 2.75) is 25.7 Å². The highest BCUT2D eigenvalue weighted by Crippen LogP contribution is 2.30. The van der Waals surface area contributed by atoms with Crippen LogP contribution < -0.4 is 4.90 Å². The van der Waals surface area contributed by atoms with Gasteiger partial charge in [0.1, 0.15) is 0 Å². The molecule has 0 aliphatic carbocycles. The highest BCUT2D eigenvalue weighted by molar-refractivity contribution is 5.99. The second-order valence-corrected chi connectivity index (χ2v) is 7.20. The second kappa shape index (κ2) is 7.32. The van der Waals surface area contributed by atoms with E-state index in [0.29, 0.717) is 19.5 Å². The molecule has 0 unspecified atom stereocenters. The molecule has 2 aromatic rings. The van der Waals surface area contributed by atoms with Crippen LogP contribution in [0.25, 0.3) is 0 Å². The second-order valence-electron chi connectivity index (χ2n) is 7.20. The molecule has 4 rings (SSSR count). The van der Waals surface area contributed by atoms with Gasteiger partial charge in [0.2, 0.25) is 11.8 Å². The molecule has 1 fully saturated rings. The number of para-hydroxylation sites is 1. The Hall–Kier alpha value is -2.62. The Labute approximate surface area is 154 Å². The van der Waals surface area contributed by atoms with Crippen LogP contribution in [0.15, 0.2) is 54.6 Å². The van der Waals surface area contributed by atoms with Gasteiger partial charge in [0.05, 0.1) is 5.92 Å². The van der Waals surface area contributed by atoms with Gasteiger partial charge in [-0.1, -0.05) is 48.5 Å². The maximum Gasteiger partial charge on any atom is 0.232 e. The van der Waals surface area contributed by atoms with Crippen molar-refractivity contribution in [2.75, 3.05) is 24.5 Å². The lowest BCUT2D eigenvalue weighted by molar-refractivity contribution is -0.128. The SMILES string of the molecule is O=C1C[C@H](C(=O)N2CCCc3ccccc32)CN1CCc1ccccc1. The Balaban J connectivity index is 1.41. The quantitative estimate of drug-likeness (QED) is 0.852. The Morgan fingerprint density at radius 2 is 1.81 bits per heavy atom. The van der Waals surface area contributed by atoms with E-state index in [1.54, 1.807) is 0 Å². The summed E-state index contributed by atoms with van der Waals surface area (Å²) in [7, 11) is 0. The van der Waals surface area contributed by atoms with Crippen molar-refractivity contribution in [2.24, 2.45) is 5.92 Å². The number of carbonyl (C=O) groups excluding carboxylic acids is 2. The number of fused-ring (bicyclic) bond motifs is 1. The molecule has 0 radical (unpaired) electrons. The number of amides is 2. The molecule has 1 atom stereocenters. The Morgan fingerprint density at radius 3 is 2.65 bits per heavy atom. The van der Waals surface area contributed by atoms with Crippen molar-refractivity contribution < 1.29 is 9.59 Å². The molecule has 26 heavy (non-hydrogen) atoms. The molecule has 134 valence electrons. The molecule has 0 aromatic heterocycles. The van der Waals surface area contributed by atoms with Crippen LogP contribution in [-0.4, -0.2) is 36.3 Å². The van der Waals surface area contributed by atoms with E-state index in [1.165, 1.54) is 11.1 Å². The number of anilines is 1. The number of benzene rings is 2. The fourth-order valence-corrected chi connectivity index (χ4v) is 4.05. The number of hydrogen-bond acceptors (Lipinski definition) is 2. The fraction of sp³-hybridized carbons (Fsp3) is 0.364. The van der Waals surface area contributed by atoms with Crippen molar-refractivity contribution in [1.82, 2.24) is 4.90 Å².